The van der Waals surface area contributed by atoms with Crippen LogP contribution in [0.25, 0.3) is 0 Å². The van der Waals surface area contributed by atoms with Gasteiger partial charge in [-0.1, -0.05) is 313 Å². The number of hydrogen-bond donors (Lipinski definition) is 3. The van der Waals surface area contributed by atoms with Gasteiger partial charge in [-0.3, -0.25) is 14.4 Å². The molecule has 3 N–H and O–H groups in total. The van der Waals surface area contributed by atoms with Crippen LogP contribution in [0.15, 0.2) is 60.8 Å². The number of carboxylic acids is 1. The molecule has 492 valence electrons. The summed E-state index contributed by atoms with van der Waals surface area (Å²) in [5, 5.41) is 31.6. The molecule has 0 bridgehead atoms. The topological polar surface area (TPSA) is 175 Å². The molecule has 1 fully saturated rings. The molecule has 0 aromatic carbocycles. The van der Waals surface area contributed by atoms with Gasteiger partial charge in [0.05, 0.1) is 6.61 Å². The highest BCUT2D eigenvalue weighted by atomic mass is 16.7. The first-order valence-corrected chi connectivity index (χ1v) is 35.3. The number of carboxylic acid groups (broad SMARTS) is 1. The summed E-state index contributed by atoms with van der Waals surface area (Å²) in [6.45, 7) is 5.93. The van der Waals surface area contributed by atoms with Crippen LogP contribution in [0.2, 0.25) is 0 Å². The van der Waals surface area contributed by atoms with Gasteiger partial charge >= 0.3 is 23.9 Å². The van der Waals surface area contributed by atoms with Crippen LogP contribution < -0.4 is 0 Å². The number of hydrogen-bond acceptors (Lipinski definition) is 11. The Morgan fingerprint density at radius 3 is 1.12 bits per heavy atom. The van der Waals surface area contributed by atoms with E-state index in [2.05, 4.69) is 69.4 Å². The summed E-state index contributed by atoms with van der Waals surface area (Å²) >= 11 is 0. The maximum absolute atomic E-state index is 13.3. The molecule has 6 unspecified atom stereocenters. The maximum Gasteiger partial charge on any atom is 0.335 e. The Balaban J connectivity index is 2.64. The van der Waals surface area contributed by atoms with E-state index in [1.165, 1.54) is 193 Å². The smallest absolute Gasteiger partial charge is 0.335 e. The van der Waals surface area contributed by atoms with Crippen molar-refractivity contribution in [1.29, 1.82) is 0 Å². The number of allylic oxidation sites excluding steroid dienone is 10. The fraction of sp³-hybridized carbons (Fsp3) is 0.808. The fourth-order valence-electron chi connectivity index (χ4n) is 10.8. The number of carbonyl (C=O) groups excluding carboxylic acids is 3. The minimum absolute atomic E-state index is 0.0160. The van der Waals surface area contributed by atoms with Gasteiger partial charge in [-0.2, -0.15) is 0 Å². The number of unbranched alkanes of at least 4 members (excludes halogenated alkanes) is 37. The van der Waals surface area contributed by atoms with Crippen LogP contribution in [-0.4, -0.2) is 89.2 Å². The lowest BCUT2D eigenvalue weighted by Crippen LogP contribution is -2.61. The van der Waals surface area contributed by atoms with Gasteiger partial charge in [0.25, 0.3) is 0 Å². The van der Waals surface area contributed by atoms with Crippen molar-refractivity contribution in [1.82, 2.24) is 0 Å². The molecular formula is C73H128O12. The Morgan fingerprint density at radius 1 is 0.400 bits per heavy atom. The largest absolute Gasteiger partial charge is 0.479 e. The summed E-state index contributed by atoms with van der Waals surface area (Å²) in [5.74, 6) is -3.16. The minimum Gasteiger partial charge on any atom is -0.479 e. The Labute approximate surface area is 519 Å². The van der Waals surface area contributed by atoms with Crippen LogP contribution in [0, 0.1) is 0 Å². The first-order chi connectivity index (χ1) is 41.6. The fourth-order valence-corrected chi connectivity index (χ4v) is 10.8. The lowest BCUT2D eigenvalue weighted by molar-refractivity contribution is -0.301. The third-order valence-corrected chi connectivity index (χ3v) is 16.1. The Morgan fingerprint density at radius 2 is 0.741 bits per heavy atom. The predicted octanol–water partition coefficient (Wildman–Crippen LogP) is 19.5. The highest BCUT2D eigenvalue weighted by Crippen LogP contribution is 2.27. The van der Waals surface area contributed by atoms with Crippen LogP contribution in [-0.2, 0) is 42.9 Å². The minimum atomic E-state index is -1.92. The van der Waals surface area contributed by atoms with Gasteiger partial charge in [-0.05, 0) is 57.8 Å². The summed E-state index contributed by atoms with van der Waals surface area (Å²) in [4.78, 5) is 51.5. The number of aliphatic hydroxyl groups is 2. The second-order valence-electron chi connectivity index (χ2n) is 24.2. The number of aliphatic carboxylic acids is 1. The van der Waals surface area contributed by atoms with Gasteiger partial charge in [0, 0.05) is 19.3 Å². The normalized spacial score (nSPS) is 17.8. The number of carbonyl (C=O) groups is 4. The molecule has 1 heterocycles. The van der Waals surface area contributed by atoms with E-state index >= 15 is 0 Å². The summed E-state index contributed by atoms with van der Waals surface area (Å²) in [5.41, 5.74) is 0. The summed E-state index contributed by atoms with van der Waals surface area (Å²) in [6, 6.07) is 0. The number of esters is 3. The van der Waals surface area contributed by atoms with E-state index in [0.717, 1.165) is 70.6 Å². The average Bonchev–Trinajstić information content (AvgIpc) is 2.83. The molecule has 1 saturated heterocycles. The van der Waals surface area contributed by atoms with E-state index in [1.807, 2.05) is 12.2 Å². The van der Waals surface area contributed by atoms with Gasteiger partial charge in [0.1, 0.15) is 18.8 Å². The zero-order chi connectivity index (χ0) is 61.7. The molecule has 0 aliphatic carbocycles. The standard InChI is InChI=1S/C73H128O12/c1-4-7-10-13-16-19-22-25-28-31-33-36-38-41-44-47-50-53-56-59-65(74)81-62-64(83-66(75)60-57-54-51-48-45-42-40-37-34-32-29-26-23-20-17-14-11-8-5-2)63-82-73-71(69(78)68(77)70(85-73)72(79)80)84-67(76)61-58-55-52-49-46-43-39-35-30-27-24-21-18-15-12-9-6-3/h9,12,18,21,27,30,39,43,49,52,64,68-71,73,77-78H,4-8,10-11,13-17,19-20,22-26,28-29,31-38,40-42,44-48,50-51,53-63H2,1-3H3,(H,79,80)/b12-9-,21-18-,30-27-,43-39-,52-49-. The molecule has 12 heteroatoms. The molecule has 0 amide bonds. The molecule has 0 aromatic heterocycles. The Kier molecular flexibility index (Phi) is 56.7. The number of ether oxygens (including phenoxy) is 5. The van der Waals surface area contributed by atoms with Gasteiger partial charge in [-0.25, -0.2) is 4.79 Å². The highest BCUT2D eigenvalue weighted by Gasteiger charge is 2.50. The summed E-state index contributed by atoms with van der Waals surface area (Å²) in [7, 11) is 0. The van der Waals surface area contributed by atoms with E-state index in [1.54, 1.807) is 0 Å². The van der Waals surface area contributed by atoms with Crippen LogP contribution in [0.5, 0.6) is 0 Å². The predicted molar refractivity (Wildman–Crippen MR) is 349 cm³/mol. The molecule has 1 aliphatic rings. The van der Waals surface area contributed by atoms with Gasteiger partial charge in [-0.15, -0.1) is 0 Å². The molecule has 1 aliphatic heterocycles. The van der Waals surface area contributed by atoms with Crippen LogP contribution in [0.3, 0.4) is 0 Å². The monoisotopic (exact) mass is 1200 g/mol. The molecule has 0 saturated carbocycles. The molecule has 0 spiro atoms. The van der Waals surface area contributed by atoms with Gasteiger partial charge < -0.3 is 39.0 Å². The van der Waals surface area contributed by atoms with Crippen molar-refractivity contribution < 1.29 is 58.2 Å². The van der Waals surface area contributed by atoms with Crippen molar-refractivity contribution in [2.24, 2.45) is 0 Å². The van der Waals surface area contributed by atoms with E-state index in [9.17, 15) is 34.5 Å². The van der Waals surface area contributed by atoms with Crippen molar-refractivity contribution >= 4 is 23.9 Å². The van der Waals surface area contributed by atoms with Gasteiger partial charge in [0.2, 0.25) is 0 Å². The lowest BCUT2D eigenvalue weighted by Gasteiger charge is -2.40. The Hall–Kier alpha value is -3.58. The van der Waals surface area contributed by atoms with Crippen molar-refractivity contribution in [3.63, 3.8) is 0 Å². The van der Waals surface area contributed by atoms with Crippen molar-refractivity contribution in [2.45, 2.75) is 366 Å². The molecule has 85 heavy (non-hydrogen) atoms. The van der Waals surface area contributed by atoms with E-state index < -0.39 is 67.3 Å². The Bertz CT molecular complexity index is 1710. The molecule has 0 aromatic rings. The van der Waals surface area contributed by atoms with Crippen molar-refractivity contribution in [2.75, 3.05) is 13.2 Å². The van der Waals surface area contributed by atoms with Crippen LogP contribution in [0.4, 0.5) is 0 Å². The quantitative estimate of drug-likeness (QED) is 0.0228. The summed E-state index contributed by atoms with van der Waals surface area (Å²) in [6.07, 6.45) is 64.7. The van der Waals surface area contributed by atoms with Crippen molar-refractivity contribution in [3.8, 4) is 0 Å². The lowest BCUT2D eigenvalue weighted by atomic mass is 9.98. The van der Waals surface area contributed by atoms with Gasteiger partial charge in [0.15, 0.2) is 24.6 Å². The van der Waals surface area contributed by atoms with Crippen LogP contribution in [0.1, 0.15) is 329 Å². The molecule has 1 rings (SSSR count). The molecular weight excluding hydrogens is 1070 g/mol. The summed E-state index contributed by atoms with van der Waals surface area (Å²) < 4.78 is 28.6. The van der Waals surface area contributed by atoms with E-state index in [0.29, 0.717) is 25.7 Å². The first-order valence-electron chi connectivity index (χ1n) is 35.3. The third kappa shape index (κ3) is 50.0. The molecule has 6 atom stereocenters. The first kappa shape index (κ1) is 79.4. The zero-order valence-corrected chi connectivity index (χ0v) is 54.6. The number of aliphatic hydroxyl groups excluding tert-OH is 2. The second kappa shape index (κ2) is 60.7. The third-order valence-electron chi connectivity index (χ3n) is 16.1. The highest BCUT2D eigenvalue weighted by molar-refractivity contribution is 5.74. The molecule has 0 radical (unpaired) electrons. The van der Waals surface area contributed by atoms with Crippen LogP contribution >= 0.6 is 0 Å². The maximum atomic E-state index is 13.3. The van der Waals surface area contributed by atoms with E-state index in [4.69, 9.17) is 23.7 Å². The number of rotatable bonds is 61. The SMILES string of the molecule is CC/C=C\C/C=C\C/C=C\C/C=C\C/C=C\CCCC(=O)OC1C(OCC(COC(=O)CCCCCCCCCCCCCCCCCCCCC)OC(=O)CCCCCCCCCCCCCCCCCCCCC)OC(C(=O)O)C(O)C1O. The van der Waals surface area contributed by atoms with Crippen molar-refractivity contribution in [3.05, 3.63) is 60.8 Å². The van der Waals surface area contributed by atoms with E-state index in [-0.39, 0.29) is 25.9 Å². The molecule has 12 nitrogen and oxygen atoms in total. The zero-order valence-electron chi connectivity index (χ0n) is 54.6. The average molecular weight is 1200 g/mol. The second-order valence-corrected chi connectivity index (χ2v) is 24.2.